The Balaban J connectivity index is 1.97. The number of aryl methyl sites for hydroxylation is 1. The van der Waals surface area contributed by atoms with Crippen LogP contribution < -0.4 is 4.90 Å². The van der Waals surface area contributed by atoms with Gasteiger partial charge in [-0.25, -0.2) is 0 Å². The lowest BCUT2D eigenvalue weighted by atomic mass is 10.1. The van der Waals surface area contributed by atoms with E-state index in [1.165, 1.54) is 0 Å². The van der Waals surface area contributed by atoms with E-state index < -0.39 is 10.1 Å². The van der Waals surface area contributed by atoms with E-state index >= 15 is 0 Å². The molecular formula is C31H46N6O6S2. The fourth-order valence-electron chi connectivity index (χ4n) is 4.44. The number of azo groups is 1. The van der Waals surface area contributed by atoms with E-state index in [2.05, 4.69) is 47.2 Å². The molecule has 2 aromatic rings. The van der Waals surface area contributed by atoms with E-state index in [1.807, 2.05) is 37.9 Å². The van der Waals surface area contributed by atoms with Gasteiger partial charge in [-0.2, -0.15) is 18.9 Å². The number of ether oxygens (including phenoxy) is 3. The molecule has 2 rings (SSSR count). The smallest absolute Gasteiger partial charge is 0.264 e. The maximum absolute atomic E-state index is 10.8. The molecule has 0 aliphatic heterocycles. The van der Waals surface area contributed by atoms with E-state index in [4.69, 9.17) is 18.8 Å². The molecule has 2 unspecified atom stereocenters. The molecule has 0 aliphatic carbocycles. The number of likely N-dealkylation sites (N-methyl/N-ethyl adjacent to an activating group) is 1. The second-order valence-corrected chi connectivity index (χ2v) is 13.5. The third-order valence-electron chi connectivity index (χ3n) is 6.89. The van der Waals surface area contributed by atoms with Gasteiger partial charge in [0, 0.05) is 31.9 Å². The van der Waals surface area contributed by atoms with E-state index in [-0.39, 0.29) is 18.0 Å². The second-order valence-electron chi connectivity index (χ2n) is 11.0. The minimum absolute atomic E-state index is 0.00966. The molecule has 0 amide bonds. The number of anilines is 1. The molecule has 0 saturated carbocycles. The van der Waals surface area contributed by atoms with Crippen LogP contribution in [0.3, 0.4) is 0 Å². The first-order chi connectivity index (χ1) is 21.4. The Labute approximate surface area is 272 Å². The summed E-state index contributed by atoms with van der Waals surface area (Å²) in [6.45, 7) is 14.4. The van der Waals surface area contributed by atoms with Crippen LogP contribution in [0.4, 0.5) is 16.4 Å². The van der Waals surface area contributed by atoms with Gasteiger partial charge < -0.3 is 24.0 Å². The third kappa shape index (κ3) is 13.9. The molecule has 2 atom stereocenters. The number of benzene rings is 1. The molecule has 0 fully saturated rings. The molecule has 0 spiro atoms. The quantitative estimate of drug-likeness (QED) is 0.0986. The van der Waals surface area contributed by atoms with E-state index in [0.29, 0.717) is 85.7 Å². The van der Waals surface area contributed by atoms with E-state index in [0.717, 1.165) is 29.0 Å². The highest BCUT2D eigenvalue weighted by atomic mass is 32.2. The van der Waals surface area contributed by atoms with Crippen molar-refractivity contribution in [2.45, 2.75) is 59.7 Å². The van der Waals surface area contributed by atoms with Crippen LogP contribution >= 0.6 is 11.3 Å². The summed E-state index contributed by atoms with van der Waals surface area (Å²) in [4.78, 5) is 4.65. The number of nitrogens with zero attached hydrogens (tertiary/aromatic N) is 6. The average molecular weight is 663 g/mol. The highest BCUT2D eigenvalue weighted by Gasteiger charge is 2.18. The first kappa shape index (κ1) is 38.2. The van der Waals surface area contributed by atoms with Crippen LogP contribution in [0.2, 0.25) is 0 Å². The summed E-state index contributed by atoms with van der Waals surface area (Å²) in [6.07, 6.45) is 1.23. The van der Waals surface area contributed by atoms with Crippen molar-refractivity contribution >= 4 is 37.8 Å². The number of hydrogen-bond donors (Lipinski definition) is 1. The molecule has 0 bridgehead atoms. The van der Waals surface area contributed by atoms with Crippen molar-refractivity contribution in [1.29, 1.82) is 10.5 Å². The topological polar surface area (TPSA) is 161 Å². The van der Waals surface area contributed by atoms with Crippen LogP contribution in [0.15, 0.2) is 28.4 Å². The van der Waals surface area contributed by atoms with Crippen LogP contribution in [0, 0.1) is 36.5 Å². The van der Waals surface area contributed by atoms with Crippen LogP contribution in [-0.2, 0) is 24.3 Å². The fourth-order valence-corrected chi connectivity index (χ4v) is 5.82. The van der Waals surface area contributed by atoms with Gasteiger partial charge in [0.15, 0.2) is 5.00 Å². The Morgan fingerprint density at radius 2 is 1.69 bits per heavy atom. The Hall–Kier alpha value is -2.95. The summed E-state index contributed by atoms with van der Waals surface area (Å²) < 4.78 is 48.2. The van der Waals surface area contributed by atoms with Gasteiger partial charge in [0.05, 0.1) is 49.0 Å². The number of nitriles is 2. The monoisotopic (exact) mass is 662 g/mol. The maximum Gasteiger partial charge on any atom is 0.264 e. The zero-order chi connectivity index (χ0) is 33.4. The van der Waals surface area contributed by atoms with Crippen molar-refractivity contribution in [3.05, 3.63) is 39.8 Å². The molecule has 1 heterocycles. The SMILES string of the molecule is CCCOC(C)CN(CC(C)OCCOCCN(C)CCCS(=O)(=O)O)c1ccc(N=Nc2sc(C#N)c(C)c2C#N)c(C)c1. The first-order valence-corrected chi connectivity index (χ1v) is 17.5. The Bertz CT molecular complexity index is 1430. The molecule has 0 radical (unpaired) electrons. The van der Waals surface area contributed by atoms with Gasteiger partial charge in [0.25, 0.3) is 10.1 Å². The largest absolute Gasteiger partial charge is 0.378 e. The van der Waals surface area contributed by atoms with E-state index in [9.17, 15) is 18.9 Å². The Kier molecular flexibility index (Phi) is 16.6. The summed E-state index contributed by atoms with van der Waals surface area (Å²) in [5, 5.41) is 27.9. The van der Waals surface area contributed by atoms with Crippen molar-refractivity contribution in [1.82, 2.24) is 4.90 Å². The second kappa shape index (κ2) is 19.5. The lowest BCUT2D eigenvalue weighted by molar-refractivity contribution is 0.00996. The summed E-state index contributed by atoms with van der Waals surface area (Å²) >= 11 is 1.16. The number of rotatable bonds is 21. The van der Waals surface area contributed by atoms with Crippen LogP contribution in [-0.4, -0.2) is 95.5 Å². The zero-order valence-corrected chi connectivity index (χ0v) is 28.8. The van der Waals surface area contributed by atoms with Gasteiger partial charge in [-0.1, -0.05) is 6.92 Å². The number of hydrogen-bond acceptors (Lipinski definition) is 12. The molecule has 45 heavy (non-hydrogen) atoms. The first-order valence-electron chi connectivity index (χ1n) is 15.0. The highest BCUT2D eigenvalue weighted by molar-refractivity contribution is 7.85. The van der Waals surface area contributed by atoms with Crippen molar-refractivity contribution in [2.24, 2.45) is 10.2 Å². The molecule has 1 N–H and O–H groups in total. The van der Waals surface area contributed by atoms with Crippen LogP contribution in [0.25, 0.3) is 0 Å². The van der Waals surface area contributed by atoms with Crippen molar-refractivity contribution in [3.63, 3.8) is 0 Å². The zero-order valence-electron chi connectivity index (χ0n) is 27.2. The standard InChI is InChI=1S/C31H46N6O6S2/c1-7-13-42-24(3)21-37(22-25(4)43-16-15-41-14-12-36(6)11-8-17-45(38,39)40)27-9-10-29(23(2)18-27)34-35-31-28(19-32)26(5)30(20-33)44-31/h9-10,18,24-25H,7-8,11-17,21-22H2,1-6H3,(H,38,39,40). The minimum Gasteiger partial charge on any atom is -0.378 e. The minimum atomic E-state index is -3.93. The van der Waals surface area contributed by atoms with Crippen molar-refractivity contribution in [2.75, 3.05) is 70.3 Å². The van der Waals surface area contributed by atoms with Crippen molar-refractivity contribution in [3.8, 4) is 12.1 Å². The molecule has 248 valence electrons. The van der Waals surface area contributed by atoms with Crippen LogP contribution in [0.1, 0.15) is 55.2 Å². The Morgan fingerprint density at radius 3 is 2.29 bits per heavy atom. The highest BCUT2D eigenvalue weighted by Crippen LogP contribution is 2.36. The van der Waals surface area contributed by atoms with Crippen molar-refractivity contribution < 1.29 is 27.2 Å². The summed E-state index contributed by atoms with van der Waals surface area (Å²) in [6, 6.07) is 10.2. The lowest BCUT2D eigenvalue weighted by Crippen LogP contribution is -2.38. The summed E-state index contributed by atoms with van der Waals surface area (Å²) in [5.41, 5.74) is 3.59. The molecule has 0 saturated heterocycles. The predicted octanol–water partition coefficient (Wildman–Crippen LogP) is 5.78. The lowest BCUT2D eigenvalue weighted by Gasteiger charge is -2.31. The predicted molar refractivity (Wildman–Crippen MR) is 177 cm³/mol. The van der Waals surface area contributed by atoms with Gasteiger partial charge in [0.2, 0.25) is 0 Å². The maximum atomic E-state index is 10.8. The molecular weight excluding hydrogens is 617 g/mol. The molecule has 1 aromatic heterocycles. The summed E-state index contributed by atoms with van der Waals surface area (Å²) in [7, 11) is -2.05. The molecule has 0 aliphatic rings. The fraction of sp³-hybridized carbons (Fsp3) is 0.613. The van der Waals surface area contributed by atoms with E-state index in [1.54, 1.807) is 6.92 Å². The van der Waals surface area contributed by atoms with Gasteiger partial charge in [0.1, 0.15) is 17.0 Å². The average Bonchev–Trinajstić information content (AvgIpc) is 3.30. The van der Waals surface area contributed by atoms with Gasteiger partial charge in [-0.05, 0) is 83.5 Å². The molecule has 12 nitrogen and oxygen atoms in total. The number of thiophene rings is 1. The van der Waals surface area contributed by atoms with Gasteiger partial charge >= 0.3 is 0 Å². The molecule has 1 aromatic carbocycles. The van der Waals surface area contributed by atoms with Gasteiger partial charge in [-0.15, -0.1) is 21.6 Å². The third-order valence-corrected chi connectivity index (χ3v) is 8.77. The van der Waals surface area contributed by atoms with Gasteiger partial charge in [-0.3, -0.25) is 4.55 Å². The molecule has 14 heteroatoms. The summed E-state index contributed by atoms with van der Waals surface area (Å²) in [5.74, 6) is -0.246. The van der Waals surface area contributed by atoms with Crippen LogP contribution in [0.5, 0.6) is 0 Å². The Morgan fingerprint density at radius 1 is 1.00 bits per heavy atom. The normalized spacial score (nSPS) is 13.2.